The van der Waals surface area contributed by atoms with Crippen LogP contribution in [0.25, 0.3) is 10.8 Å². The van der Waals surface area contributed by atoms with Crippen LogP contribution in [-0.2, 0) is 4.79 Å². The Bertz CT molecular complexity index is 616. The van der Waals surface area contributed by atoms with Gasteiger partial charge in [0.2, 0.25) is 5.91 Å². The third-order valence-electron chi connectivity index (χ3n) is 3.59. The first-order valence-corrected chi connectivity index (χ1v) is 7.23. The largest absolute Gasteiger partial charge is 0.492 e. The molecule has 0 aliphatic heterocycles. The summed E-state index contributed by atoms with van der Waals surface area (Å²) in [5, 5.41) is 5.15. The van der Waals surface area contributed by atoms with Gasteiger partial charge in [-0.25, -0.2) is 0 Å². The molecule has 0 fully saturated rings. The Morgan fingerprint density at radius 3 is 2.55 bits per heavy atom. The number of amides is 1. The highest BCUT2D eigenvalue weighted by Gasteiger charge is 2.15. The number of carbonyl (C=O) groups is 1. The van der Waals surface area contributed by atoms with E-state index < -0.39 is 0 Å². The van der Waals surface area contributed by atoms with Gasteiger partial charge in [0.25, 0.3) is 0 Å². The lowest BCUT2D eigenvalue weighted by Crippen LogP contribution is -2.40. The van der Waals surface area contributed by atoms with E-state index in [2.05, 4.69) is 11.4 Å². The second kappa shape index (κ2) is 8.61. The van der Waals surface area contributed by atoms with E-state index in [0.29, 0.717) is 13.2 Å². The van der Waals surface area contributed by atoms with Crippen LogP contribution >= 0.6 is 12.4 Å². The first-order valence-electron chi connectivity index (χ1n) is 7.23. The van der Waals surface area contributed by atoms with Gasteiger partial charge in [-0.15, -0.1) is 12.4 Å². The van der Waals surface area contributed by atoms with Crippen molar-refractivity contribution < 1.29 is 9.53 Å². The lowest BCUT2D eigenvalue weighted by atomic mass is 10.0. The Hall–Kier alpha value is -1.78. The van der Waals surface area contributed by atoms with Gasteiger partial charge in [-0.2, -0.15) is 0 Å². The van der Waals surface area contributed by atoms with Gasteiger partial charge in [0, 0.05) is 12.0 Å². The van der Waals surface area contributed by atoms with Gasteiger partial charge in [0.05, 0.1) is 6.54 Å². The third-order valence-corrected chi connectivity index (χ3v) is 3.59. The molecule has 2 atom stereocenters. The second-order valence-corrected chi connectivity index (χ2v) is 5.30. The van der Waals surface area contributed by atoms with Crippen LogP contribution in [0.5, 0.6) is 5.75 Å². The zero-order chi connectivity index (χ0) is 15.2. The van der Waals surface area contributed by atoms with Crippen molar-refractivity contribution in [2.45, 2.75) is 19.9 Å². The van der Waals surface area contributed by atoms with Crippen molar-refractivity contribution in [2.75, 3.05) is 13.2 Å². The summed E-state index contributed by atoms with van der Waals surface area (Å²) in [6, 6.07) is 14.0. The molecule has 0 aliphatic carbocycles. The Labute approximate surface area is 137 Å². The number of halogens is 1. The number of nitrogens with one attached hydrogen (secondary N) is 1. The molecule has 0 saturated heterocycles. The van der Waals surface area contributed by atoms with Gasteiger partial charge >= 0.3 is 0 Å². The number of benzene rings is 2. The Morgan fingerprint density at radius 2 is 1.86 bits per heavy atom. The first kappa shape index (κ1) is 18.3. The molecule has 2 aromatic carbocycles. The van der Waals surface area contributed by atoms with Crippen LogP contribution in [-0.4, -0.2) is 25.1 Å². The first-order chi connectivity index (χ1) is 10.1. The van der Waals surface area contributed by atoms with E-state index in [4.69, 9.17) is 10.5 Å². The van der Waals surface area contributed by atoms with E-state index in [1.165, 1.54) is 5.39 Å². The molecule has 0 bridgehead atoms. The van der Waals surface area contributed by atoms with Crippen LogP contribution < -0.4 is 15.8 Å². The average molecular weight is 323 g/mol. The quantitative estimate of drug-likeness (QED) is 0.804. The van der Waals surface area contributed by atoms with Crippen molar-refractivity contribution in [3.05, 3.63) is 42.5 Å². The van der Waals surface area contributed by atoms with Gasteiger partial charge in [-0.05, 0) is 29.8 Å². The van der Waals surface area contributed by atoms with E-state index in [0.717, 1.165) is 11.1 Å². The maximum Gasteiger partial charge on any atom is 0.224 e. The molecule has 0 spiro atoms. The van der Waals surface area contributed by atoms with Gasteiger partial charge < -0.3 is 15.8 Å². The van der Waals surface area contributed by atoms with E-state index in [9.17, 15) is 4.79 Å². The molecular formula is C17H23ClN2O2. The zero-order valence-electron chi connectivity index (χ0n) is 12.9. The van der Waals surface area contributed by atoms with Crippen LogP contribution in [0.2, 0.25) is 0 Å². The molecule has 0 saturated carbocycles. The number of fused-ring (bicyclic) bond motifs is 1. The number of hydrogen-bond acceptors (Lipinski definition) is 3. The van der Waals surface area contributed by atoms with Crippen molar-refractivity contribution >= 4 is 29.1 Å². The fourth-order valence-electron chi connectivity index (χ4n) is 2.00. The van der Waals surface area contributed by atoms with Crippen molar-refractivity contribution in [2.24, 2.45) is 11.7 Å². The average Bonchev–Trinajstić information content (AvgIpc) is 2.50. The SMILES string of the molecule is CC(N)C(C)C(=O)NCCOc1ccc2ccccc2c1.Cl. The molecule has 4 nitrogen and oxygen atoms in total. The number of hydrogen-bond donors (Lipinski definition) is 2. The Morgan fingerprint density at radius 1 is 1.18 bits per heavy atom. The molecule has 5 heteroatoms. The van der Waals surface area contributed by atoms with Crippen LogP contribution in [0, 0.1) is 5.92 Å². The summed E-state index contributed by atoms with van der Waals surface area (Å²) in [6.07, 6.45) is 0. The maximum absolute atomic E-state index is 11.7. The van der Waals surface area contributed by atoms with Crippen molar-refractivity contribution in [1.29, 1.82) is 0 Å². The predicted molar refractivity (Wildman–Crippen MR) is 92.5 cm³/mol. The summed E-state index contributed by atoms with van der Waals surface area (Å²) in [7, 11) is 0. The van der Waals surface area contributed by atoms with E-state index in [1.54, 1.807) is 0 Å². The van der Waals surface area contributed by atoms with Gasteiger partial charge in [-0.1, -0.05) is 37.3 Å². The normalized spacial score (nSPS) is 13.0. The minimum absolute atomic E-state index is 0. The Balaban J connectivity index is 0.00000242. The van der Waals surface area contributed by atoms with Gasteiger partial charge in [0.15, 0.2) is 0 Å². The van der Waals surface area contributed by atoms with Crippen LogP contribution in [0.4, 0.5) is 0 Å². The molecule has 0 heterocycles. The monoisotopic (exact) mass is 322 g/mol. The van der Waals surface area contributed by atoms with E-state index in [-0.39, 0.29) is 30.3 Å². The van der Waals surface area contributed by atoms with E-state index >= 15 is 0 Å². The van der Waals surface area contributed by atoms with Crippen molar-refractivity contribution in [3.8, 4) is 5.75 Å². The lowest BCUT2D eigenvalue weighted by Gasteiger charge is -2.15. The molecule has 2 aromatic rings. The molecular weight excluding hydrogens is 300 g/mol. The highest BCUT2D eigenvalue weighted by Crippen LogP contribution is 2.20. The van der Waals surface area contributed by atoms with Crippen molar-refractivity contribution in [1.82, 2.24) is 5.32 Å². The molecule has 22 heavy (non-hydrogen) atoms. The topological polar surface area (TPSA) is 64.4 Å². The smallest absolute Gasteiger partial charge is 0.224 e. The standard InChI is InChI=1S/C17H22N2O2.ClH/c1-12(13(2)18)17(20)19-9-10-21-16-8-7-14-5-3-4-6-15(14)11-16;/h3-8,11-13H,9-10,18H2,1-2H3,(H,19,20);1H. The third kappa shape index (κ3) is 4.90. The molecule has 1 amide bonds. The molecule has 0 aliphatic rings. The van der Waals surface area contributed by atoms with Crippen LogP contribution in [0.3, 0.4) is 0 Å². The van der Waals surface area contributed by atoms with E-state index in [1.807, 2.05) is 50.2 Å². The summed E-state index contributed by atoms with van der Waals surface area (Å²) in [5.41, 5.74) is 5.69. The molecule has 2 rings (SSSR count). The number of carbonyl (C=O) groups excluding carboxylic acids is 1. The summed E-state index contributed by atoms with van der Waals surface area (Å²) in [6.45, 7) is 4.57. The van der Waals surface area contributed by atoms with Crippen molar-refractivity contribution in [3.63, 3.8) is 0 Å². The summed E-state index contributed by atoms with van der Waals surface area (Å²) in [4.78, 5) is 11.7. The summed E-state index contributed by atoms with van der Waals surface area (Å²) < 4.78 is 5.66. The Kier molecular flexibility index (Phi) is 7.15. The zero-order valence-corrected chi connectivity index (χ0v) is 13.7. The van der Waals surface area contributed by atoms with Gasteiger partial charge in [-0.3, -0.25) is 4.79 Å². The maximum atomic E-state index is 11.7. The minimum Gasteiger partial charge on any atom is -0.492 e. The molecule has 120 valence electrons. The fourth-order valence-corrected chi connectivity index (χ4v) is 2.00. The highest BCUT2D eigenvalue weighted by atomic mass is 35.5. The summed E-state index contributed by atoms with van der Waals surface area (Å²) in [5.74, 6) is 0.584. The second-order valence-electron chi connectivity index (χ2n) is 5.30. The van der Waals surface area contributed by atoms with Crippen LogP contribution in [0.15, 0.2) is 42.5 Å². The summed E-state index contributed by atoms with van der Waals surface area (Å²) >= 11 is 0. The number of ether oxygens (including phenoxy) is 1. The molecule has 3 N–H and O–H groups in total. The number of rotatable bonds is 6. The highest BCUT2D eigenvalue weighted by molar-refractivity contribution is 5.85. The predicted octanol–water partition coefficient (Wildman–Crippen LogP) is 2.74. The molecule has 0 radical (unpaired) electrons. The minimum atomic E-state index is -0.189. The fraction of sp³-hybridized carbons (Fsp3) is 0.353. The van der Waals surface area contributed by atoms with Crippen LogP contribution in [0.1, 0.15) is 13.8 Å². The molecule has 0 aromatic heterocycles. The molecule has 2 unspecified atom stereocenters. The van der Waals surface area contributed by atoms with Gasteiger partial charge in [0.1, 0.15) is 12.4 Å². The lowest BCUT2D eigenvalue weighted by molar-refractivity contribution is -0.125. The number of nitrogens with two attached hydrogens (primary N) is 1.